The van der Waals surface area contributed by atoms with Crippen molar-refractivity contribution in [2.45, 2.75) is 13.8 Å². The van der Waals surface area contributed by atoms with Gasteiger partial charge >= 0.3 is 0 Å². The summed E-state index contributed by atoms with van der Waals surface area (Å²) in [6.45, 7) is 3.95. The molecule has 0 spiro atoms. The molecule has 5 nitrogen and oxygen atoms in total. The number of hydrogen-bond acceptors (Lipinski definition) is 4. The van der Waals surface area contributed by atoms with E-state index < -0.39 is 0 Å². The van der Waals surface area contributed by atoms with E-state index >= 15 is 0 Å². The van der Waals surface area contributed by atoms with Gasteiger partial charge in [0.15, 0.2) is 0 Å². The number of nitrogens with zero attached hydrogens (tertiary/aromatic N) is 4. The lowest BCUT2D eigenvalue weighted by atomic mass is 10.2. The average Bonchev–Trinajstić information content (AvgIpc) is 2.79. The lowest BCUT2D eigenvalue weighted by Crippen LogP contribution is -1.99. The minimum Gasteiger partial charge on any atom is -0.360 e. The highest BCUT2D eigenvalue weighted by Crippen LogP contribution is 2.15. The number of nitriles is 2. The summed E-state index contributed by atoms with van der Waals surface area (Å²) >= 11 is 0. The SMILES string of the molecule is Cc1cc(C)n(-c2ccc(NC=C(C#N)C#N)cc2)n1. The average molecular weight is 263 g/mol. The minimum atomic E-state index is 0.0348. The Morgan fingerprint density at radius 2 is 1.85 bits per heavy atom. The summed E-state index contributed by atoms with van der Waals surface area (Å²) < 4.78 is 1.87. The fourth-order valence-electron chi connectivity index (χ4n) is 1.83. The first-order valence-corrected chi connectivity index (χ1v) is 6.04. The first kappa shape index (κ1) is 13.4. The van der Waals surface area contributed by atoms with E-state index in [9.17, 15) is 0 Å². The molecule has 0 aliphatic carbocycles. The molecule has 0 atom stereocenters. The van der Waals surface area contributed by atoms with E-state index in [0.29, 0.717) is 0 Å². The molecule has 0 aliphatic heterocycles. The monoisotopic (exact) mass is 263 g/mol. The van der Waals surface area contributed by atoms with Crippen molar-refractivity contribution in [1.29, 1.82) is 10.5 Å². The van der Waals surface area contributed by atoms with Gasteiger partial charge in [-0.05, 0) is 44.2 Å². The van der Waals surface area contributed by atoms with E-state index in [2.05, 4.69) is 10.4 Å². The Kier molecular flexibility index (Phi) is 3.83. The van der Waals surface area contributed by atoms with Gasteiger partial charge in [-0.25, -0.2) is 4.68 Å². The molecule has 0 saturated carbocycles. The van der Waals surface area contributed by atoms with E-state index in [1.54, 1.807) is 12.1 Å². The van der Waals surface area contributed by atoms with Crippen LogP contribution in [-0.4, -0.2) is 9.78 Å². The molecule has 1 aromatic carbocycles. The summed E-state index contributed by atoms with van der Waals surface area (Å²) in [5.74, 6) is 0. The van der Waals surface area contributed by atoms with Crippen molar-refractivity contribution >= 4 is 5.69 Å². The first-order valence-electron chi connectivity index (χ1n) is 6.04. The molecule has 2 aromatic rings. The number of hydrogen-bond donors (Lipinski definition) is 1. The van der Waals surface area contributed by atoms with Gasteiger partial charge < -0.3 is 5.32 Å². The molecule has 0 amide bonds. The van der Waals surface area contributed by atoms with Crippen molar-refractivity contribution in [3.63, 3.8) is 0 Å². The lowest BCUT2D eigenvalue weighted by molar-refractivity contribution is 0.834. The molecule has 0 aliphatic rings. The maximum absolute atomic E-state index is 8.64. The minimum absolute atomic E-state index is 0.0348. The van der Waals surface area contributed by atoms with Crippen LogP contribution in [0.5, 0.6) is 0 Å². The van der Waals surface area contributed by atoms with E-state index in [0.717, 1.165) is 22.8 Å². The molecule has 1 aromatic heterocycles. The van der Waals surface area contributed by atoms with E-state index in [1.165, 1.54) is 6.20 Å². The zero-order valence-corrected chi connectivity index (χ0v) is 11.3. The maximum atomic E-state index is 8.64. The van der Waals surface area contributed by atoms with Gasteiger partial charge in [0, 0.05) is 17.6 Å². The molecule has 0 saturated heterocycles. The zero-order chi connectivity index (χ0) is 14.5. The second-order valence-electron chi connectivity index (χ2n) is 4.31. The molecule has 20 heavy (non-hydrogen) atoms. The van der Waals surface area contributed by atoms with Crippen molar-refractivity contribution in [2.24, 2.45) is 0 Å². The summed E-state index contributed by atoms with van der Waals surface area (Å²) in [5, 5.41) is 24.6. The fraction of sp³-hybridized carbons (Fsp3) is 0.133. The van der Waals surface area contributed by atoms with Gasteiger partial charge in [0.2, 0.25) is 0 Å². The van der Waals surface area contributed by atoms with Crippen LogP contribution in [0.25, 0.3) is 5.69 Å². The van der Waals surface area contributed by atoms with Crippen LogP contribution in [0.3, 0.4) is 0 Å². The highest BCUT2D eigenvalue weighted by molar-refractivity contribution is 5.52. The third-order valence-corrected chi connectivity index (χ3v) is 2.75. The molecule has 0 radical (unpaired) electrons. The topological polar surface area (TPSA) is 77.4 Å². The second kappa shape index (κ2) is 5.73. The van der Waals surface area contributed by atoms with Gasteiger partial charge in [0.25, 0.3) is 0 Å². The number of aryl methyl sites for hydroxylation is 2. The van der Waals surface area contributed by atoms with E-state index in [1.807, 2.05) is 48.9 Å². The summed E-state index contributed by atoms with van der Waals surface area (Å²) in [7, 11) is 0. The van der Waals surface area contributed by atoms with Gasteiger partial charge in [-0.2, -0.15) is 15.6 Å². The van der Waals surface area contributed by atoms with Crippen LogP contribution in [-0.2, 0) is 0 Å². The Hall–Kier alpha value is -3.05. The molecule has 2 rings (SSSR count). The van der Waals surface area contributed by atoms with Crippen LogP contribution in [0, 0.1) is 36.5 Å². The second-order valence-corrected chi connectivity index (χ2v) is 4.31. The zero-order valence-electron chi connectivity index (χ0n) is 11.3. The Balaban J connectivity index is 2.20. The Bertz CT molecular complexity index is 707. The van der Waals surface area contributed by atoms with Crippen LogP contribution >= 0.6 is 0 Å². The van der Waals surface area contributed by atoms with Crippen molar-refractivity contribution in [2.75, 3.05) is 5.32 Å². The summed E-state index contributed by atoms with van der Waals surface area (Å²) in [6, 6.07) is 13.2. The predicted molar refractivity (Wildman–Crippen MR) is 76.0 cm³/mol. The Morgan fingerprint density at radius 1 is 1.20 bits per heavy atom. The largest absolute Gasteiger partial charge is 0.360 e. The normalized spacial score (nSPS) is 9.40. The molecule has 0 fully saturated rings. The molecule has 98 valence electrons. The predicted octanol–water partition coefficient (Wildman–Crippen LogP) is 2.83. The molecule has 0 unspecified atom stereocenters. The number of allylic oxidation sites excluding steroid dienone is 1. The molecule has 1 N–H and O–H groups in total. The fourth-order valence-corrected chi connectivity index (χ4v) is 1.83. The van der Waals surface area contributed by atoms with Crippen LogP contribution in [0.1, 0.15) is 11.4 Å². The lowest BCUT2D eigenvalue weighted by Gasteiger charge is -2.06. The molecule has 1 heterocycles. The molecular weight excluding hydrogens is 250 g/mol. The van der Waals surface area contributed by atoms with Crippen molar-refractivity contribution < 1.29 is 0 Å². The van der Waals surface area contributed by atoms with Crippen LogP contribution < -0.4 is 5.32 Å². The van der Waals surface area contributed by atoms with Gasteiger partial charge in [0.05, 0.1) is 11.4 Å². The van der Waals surface area contributed by atoms with Gasteiger partial charge in [-0.15, -0.1) is 0 Å². The van der Waals surface area contributed by atoms with E-state index in [4.69, 9.17) is 10.5 Å². The highest BCUT2D eigenvalue weighted by atomic mass is 15.3. The van der Waals surface area contributed by atoms with Crippen LogP contribution in [0.15, 0.2) is 42.1 Å². The number of anilines is 1. The first-order chi connectivity index (χ1) is 9.63. The molecule has 0 bridgehead atoms. The standard InChI is InChI=1S/C15H13N5/c1-11-7-12(2)20(19-11)15-5-3-14(4-6-15)18-10-13(8-16)9-17/h3-7,10,18H,1-2H3. The molecular formula is C15H13N5. The van der Waals surface area contributed by atoms with Gasteiger partial charge in [-0.3, -0.25) is 0 Å². The summed E-state index contributed by atoms with van der Waals surface area (Å²) in [5.41, 5.74) is 3.84. The van der Waals surface area contributed by atoms with E-state index in [-0.39, 0.29) is 5.57 Å². The number of nitrogens with one attached hydrogen (secondary N) is 1. The highest BCUT2D eigenvalue weighted by Gasteiger charge is 2.03. The Labute approximate surface area is 117 Å². The number of aromatic nitrogens is 2. The van der Waals surface area contributed by atoms with Gasteiger partial charge in [0.1, 0.15) is 17.7 Å². The third-order valence-electron chi connectivity index (χ3n) is 2.75. The Morgan fingerprint density at radius 3 is 2.35 bits per heavy atom. The third kappa shape index (κ3) is 2.85. The number of benzene rings is 1. The molecule has 5 heteroatoms. The summed E-state index contributed by atoms with van der Waals surface area (Å²) in [6.07, 6.45) is 1.39. The van der Waals surface area contributed by atoms with Crippen molar-refractivity contribution in [3.8, 4) is 17.8 Å². The van der Waals surface area contributed by atoms with Gasteiger partial charge in [-0.1, -0.05) is 0 Å². The number of rotatable bonds is 3. The summed E-state index contributed by atoms with van der Waals surface area (Å²) in [4.78, 5) is 0. The quantitative estimate of drug-likeness (QED) is 0.864. The maximum Gasteiger partial charge on any atom is 0.145 e. The van der Waals surface area contributed by atoms with Crippen LogP contribution in [0.2, 0.25) is 0 Å². The van der Waals surface area contributed by atoms with Crippen molar-refractivity contribution in [3.05, 3.63) is 53.5 Å². The van der Waals surface area contributed by atoms with Crippen molar-refractivity contribution in [1.82, 2.24) is 9.78 Å². The van der Waals surface area contributed by atoms with Crippen LogP contribution in [0.4, 0.5) is 5.69 Å². The smallest absolute Gasteiger partial charge is 0.145 e.